The molecule has 0 radical (unpaired) electrons. The van der Waals surface area contributed by atoms with Crippen molar-refractivity contribution in [3.63, 3.8) is 0 Å². The average molecular weight is 972 g/mol. The maximum absolute atomic E-state index is 12.1. The summed E-state index contributed by atoms with van der Waals surface area (Å²) < 4.78 is 10.9. The smallest absolute Gasteiger partial charge is 0.328 e. The van der Waals surface area contributed by atoms with Gasteiger partial charge in [0.25, 0.3) is 0 Å². The molecular weight excluding hydrogens is 918 g/mol. The number of hydrogen-bond donors (Lipinski definition) is 1. The number of aromatic nitrogens is 4. The second-order valence-electron chi connectivity index (χ2n) is 18.9. The molecule has 75 heavy (non-hydrogen) atoms. The third-order valence-electron chi connectivity index (χ3n) is 14.2. The van der Waals surface area contributed by atoms with Gasteiger partial charge in [-0.15, -0.1) is 0 Å². The van der Waals surface area contributed by atoms with Crippen molar-refractivity contribution in [2.45, 2.75) is 39.5 Å². The van der Waals surface area contributed by atoms with Crippen LogP contribution in [0.5, 0.6) is 5.75 Å². The van der Waals surface area contributed by atoms with E-state index in [1.54, 1.807) is 0 Å². The second-order valence-corrected chi connectivity index (χ2v) is 18.9. The molecule has 1 atom stereocenters. The fraction of sp³-hybridized carbons (Fsp3) is 0.121. The van der Waals surface area contributed by atoms with E-state index in [2.05, 4.69) is 109 Å². The lowest BCUT2D eigenvalue weighted by molar-refractivity contribution is 0.233. The zero-order chi connectivity index (χ0) is 51.1. The van der Waals surface area contributed by atoms with Crippen molar-refractivity contribution in [3.8, 4) is 40.4 Å². The van der Waals surface area contributed by atoms with Crippen LogP contribution in [0.3, 0.4) is 0 Å². The molecule has 1 N–H and O–H groups in total. The van der Waals surface area contributed by atoms with Crippen LogP contribution in [0.15, 0.2) is 218 Å². The Kier molecular flexibility index (Phi) is 13.9. The van der Waals surface area contributed by atoms with Gasteiger partial charge in [0.15, 0.2) is 0 Å². The number of anilines is 1. The molecular formula is C66H54BN7O. The number of fused-ring (bicyclic) bond motifs is 3. The molecule has 362 valence electrons. The SMILES string of the molecule is CCCCC(CC)COc1ccc(-c2c3/c(=C(\C#N)c4ccc5ccccc5n4)n(B(c4ccccc4)c4ccccc4)c(-c4ccccc4)c3/c(=C(\C#N)c3ccc4ccccc4n3)n2Nc2ccccc2)cc1. The summed E-state index contributed by atoms with van der Waals surface area (Å²) in [5.74, 6) is 1.22. The van der Waals surface area contributed by atoms with Crippen LogP contribution in [0, 0.1) is 28.6 Å². The second kappa shape index (κ2) is 21.7. The first-order valence-corrected chi connectivity index (χ1v) is 25.9. The Bertz CT molecular complexity index is 3990. The van der Waals surface area contributed by atoms with E-state index in [0.29, 0.717) is 45.8 Å². The molecule has 4 aromatic heterocycles. The van der Waals surface area contributed by atoms with E-state index >= 15 is 0 Å². The van der Waals surface area contributed by atoms with Crippen LogP contribution < -0.4 is 31.8 Å². The quantitative estimate of drug-likeness (QED) is 0.0967. The molecule has 11 aromatic rings. The minimum Gasteiger partial charge on any atom is -0.493 e. The first-order chi connectivity index (χ1) is 37.1. The number of para-hydroxylation sites is 3. The number of nitriles is 2. The molecule has 0 aliphatic rings. The largest absolute Gasteiger partial charge is 0.493 e. The molecule has 0 saturated heterocycles. The molecule has 8 nitrogen and oxygen atoms in total. The summed E-state index contributed by atoms with van der Waals surface area (Å²) in [5.41, 5.74) is 13.2. The molecule has 0 amide bonds. The number of nitrogens with one attached hydrogen (secondary N) is 1. The Morgan fingerprint density at radius 2 is 1.04 bits per heavy atom. The molecule has 0 fully saturated rings. The van der Waals surface area contributed by atoms with E-state index in [0.717, 1.165) is 96.7 Å². The standard InChI is InChI=1S/C66H54BN7O/c1-3-5-22-46(4-2)45-75-54-39-35-50(36-40-54)64-62-61(66(74(64)72-53-31-16-9-17-32-53)56(44-69)60-42-38-48-24-19-21-34-58(48)71-60)63(49-25-10-6-11-26-49)73(67(51-27-12-7-13-28-51)52-29-14-8-15-30-52)65(62)55(43-68)59-41-37-47-23-18-20-33-57(47)70-59/h6-21,23-42,46,72H,3-5,22,45H2,1-2H3/b65-55-,66-56-. The highest BCUT2D eigenvalue weighted by Gasteiger charge is 2.34. The van der Waals surface area contributed by atoms with E-state index in [4.69, 9.17) is 14.7 Å². The molecule has 0 aliphatic heterocycles. The Balaban J connectivity index is 1.39. The van der Waals surface area contributed by atoms with Crippen LogP contribution in [-0.2, 0) is 0 Å². The minimum atomic E-state index is -0.482. The highest BCUT2D eigenvalue weighted by molar-refractivity contribution is 6.84. The molecule has 0 spiro atoms. The number of pyridine rings is 2. The number of benzene rings is 7. The van der Waals surface area contributed by atoms with Gasteiger partial charge in [0, 0.05) is 32.8 Å². The van der Waals surface area contributed by atoms with E-state index in [9.17, 15) is 10.5 Å². The van der Waals surface area contributed by atoms with Crippen molar-refractivity contribution in [3.05, 3.63) is 240 Å². The summed E-state index contributed by atoms with van der Waals surface area (Å²) in [6.45, 7) is 4.61. The van der Waals surface area contributed by atoms with Crippen molar-refractivity contribution in [1.29, 1.82) is 10.5 Å². The molecule has 0 bridgehead atoms. The maximum Gasteiger partial charge on any atom is 0.328 e. The number of rotatable bonds is 16. The maximum atomic E-state index is 12.1. The van der Waals surface area contributed by atoms with Crippen molar-refractivity contribution in [1.82, 2.24) is 19.1 Å². The van der Waals surface area contributed by atoms with Gasteiger partial charge in [-0.05, 0) is 78.6 Å². The van der Waals surface area contributed by atoms with Gasteiger partial charge in [0.1, 0.15) is 29.0 Å². The van der Waals surface area contributed by atoms with Crippen molar-refractivity contribution >= 4 is 67.2 Å². The monoisotopic (exact) mass is 971 g/mol. The molecule has 7 aromatic carbocycles. The van der Waals surface area contributed by atoms with Crippen LogP contribution in [0.1, 0.15) is 50.9 Å². The normalized spacial score (nSPS) is 12.5. The van der Waals surface area contributed by atoms with Gasteiger partial charge in [-0.25, -0.2) is 9.97 Å². The Labute approximate surface area is 437 Å². The van der Waals surface area contributed by atoms with Crippen LogP contribution in [0.2, 0.25) is 0 Å². The zero-order valence-electron chi connectivity index (χ0n) is 42.1. The lowest BCUT2D eigenvalue weighted by Crippen LogP contribution is -2.53. The number of nitrogens with zero attached hydrogens (tertiary/aromatic N) is 6. The molecule has 11 rings (SSSR count). The average Bonchev–Trinajstić information content (AvgIpc) is 3.99. The summed E-state index contributed by atoms with van der Waals surface area (Å²) in [5, 5.41) is 28.7. The van der Waals surface area contributed by atoms with E-state index in [-0.39, 0.29) is 0 Å². The molecule has 0 aliphatic carbocycles. The first-order valence-electron chi connectivity index (χ1n) is 25.9. The van der Waals surface area contributed by atoms with Gasteiger partial charge >= 0.3 is 6.85 Å². The predicted molar refractivity (Wildman–Crippen MR) is 307 cm³/mol. The van der Waals surface area contributed by atoms with Gasteiger partial charge in [0.05, 0.1) is 51.1 Å². The minimum absolute atomic E-state index is 0.345. The van der Waals surface area contributed by atoms with Crippen LogP contribution in [0.4, 0.5) is 5.69 Å². The lowest BCUT2D eigenvalue weighted by atomic mass is 9.50. The first kappa shape index (κ1) is 47.9. The van der Waals surface area contributed by atoms with Gasteiger partial charge < -0.3 is 9.21 Å². The summed E-state index contributed by atoms with van der Waals surface area (Å²) in [6.07, 6.45) is 4.48. The lowest BCUT2D eigenvalue weighted by Gasteiger charge is -2.22. The fourth-order valence-corrected chi connectivity index (χ4v) is 10.5. The van der Waals surface area contributed by atoms with Crippen molar-refractivity contribution in [2.75, 3.05) is 12.0 Å². The summed E-state index contributed by atoms with van der Waals surface area (Å²) in [4.78, 5) is 10.5. The van der Waals surface area contributed by atoms with Crippen LogP contribution in [-0.4, -0.2) is 32.6 Å². The van der Waals surface area contributed by atoms with Gasteiger partial charge in [0.2, 0.25) is 0 Å². The zero-order valence-corrected chi connectivity index (χ0v) is 42.1. The van der Waals surface area contributed by atoms with Crippen molar-refractivity contribution < 1.29 is 4.74 Å². The third-order valence-corrected chi connectivity index (χ3v) is 14.2. The Morgan fingerprint density at radius 3 is 1.59 bits per heavy atom. The van der Waals surface area contributed by atoms with Crippen molar-refractivity contribution in [2.24, 2.45) is 5.92 Å². The Hall–Kier alpha value is -9.44. The highest BCUT2D eigenvalue weighted by Crippen LogP contribution is 2.37. The molecule has 9 heteroatoms. The Morgan fingerprint density at radius 1 is 0.547 bits per heavy atom. The van der Waals surface area contributed by atoms with E-state index in [1.807, 2.05) is 150 Å². The summed E-state index contributed by atoms with van der Waals surface area (Å²) >= 11 is 0. The summed E-state index contributed by atoms with van der Waals surface area (Å²) in [6, 6.07) is 78.9. The summed E-state index contributed by atoms with van der Waals surface area (Å²) in [7, 11) is 0. The topological polar surface area (TPSA) is 104 Å². The van der Waals surface area contributed by atoms with E-state index in [1.165, 1.54) is 6.42 Å². The molecule has 0 saturated carbocycles. The molecule has 4 heterocycles. The molecule has 1 unspecified atom stereocenters. The fourth-order valence-electron chi connectivity index (χ4n) is 10.5. The van der Waals surface area contributed by atoms with Crippen LogP contribution in [0.25, 0.3) is 66.2 Å². The predicted octanol–water partition coefficient (Wildman–Crippen LogP) is 12.4. The number of unbranched alkanes of at least 4 members (excludes halogenated alkanes) is 1. The van der Waals surface area contributed by atoms with Gasteiger partial charge in [-0.1, -0.05) is 202 Å². The highest BCUT2D eigenvalue weighted by atomic mass is 16.5. The van der Waals surface area contributed by atoms with Gasteiger partial charge in [-0.3, -0.25) is 10.1 Å². The third kappa shape index (κ3) is 9.45. The number of hydrogen-bond acceptors (Lipinski definition) is 6. The van der Waals surface area contributed by atoms with Crippen LogP contribution >= 0.6 is 0 Å². The number of ether oxygens (including phenoxy) is 1. The van der Waals surface area contributed by atoms with E-state index < -0.39 is 6.85 Å². The van der Waals surface area contributed by atoms with Gasteiger partial charge in [-0.2, -0.15) is 10.5 Å².